The van der Waals surface area contributed by atoms with Gasteiger partial charge in [-0.05, 0) is 26.8 Å². The first-order valence-corrected chi connectivity index (χ1v) is 5.06. The standard InChI is InChI=1S/C10H20N2O/c1-4-12(3)9(13)10(8-11-2)6-5-7-10/h11H,4-8H2,1-3H3. The fourth-order valence-electron chi connectivity index (χ4n) is 1.96. The van der Waals surface area contributed by atoms with Gasteiger partial charge in [-0.3, -0.25) is 4.79 Å². The van der Waals surface area contributed by atoms with Gasteiger partial charge in [0.1, 0.15) is 0 Å². The molecular weight excluding hydrogens is 164 g/mol. The Morgan fingerprint density at radius 1 is 1.54 bits per heavy atom. The molecule has 0 aromatic rings. The Morgan fingerprint density at radius 3 is 2.46 bits per heavy atom. The summed E-state index contributed by atoms with van der Waals surface area (Å²) < 4.78 is 0. The second kappa shape index (κ2) is 4.09. The summed E-state index contributed by atoms with van der Waals surface area (Å²) in [7, 11) is 3.80. The molecule has 1 fully saturated rings. The molecule has 0 aromatic heterocycles. The fraction of sp³-hybridized carbons (Fsp3) is 0.900. The number of amides is 1. The molecule has 0 saturated heterocycles. The van der Waals surface area contributed by atoms with Crippen molar-refractivity contribution in [2.24, 2.45) is 5.41 Å². The average molecular weight is 184 g/mol. The van der Waals surface area contributed by atoms with Crippen molar-refractivity contribution in [3.63, 3.8) is 0 Å². The number of nitrogens with one attached hydrogen (secondary N) is 1. The molecule has 1 N–H and O–H groups in total. The molecule has 0 spiro atoms. The third kappa shape index (κ3) is 1.85. The Kier molecular flexibility index (Phi) is 3.31. The van der Waals surface area contributed by atoms with E-state index in [1.165, 1.54) is 6.42 Å². The van der Waals surface area contributed by atoms with Gasteiger partial charge < -0.3 is 10.2 Å². The van der Waals surface area contributed by atoms with E-state index >= 15 is 0 Å². The first kappa shape index (κ1) is 10.5. The van der Waals surface area contributed by atoms with Gasteiger partial charge in [0, 0.05) is 20.1 Å². The van der Waals surface area contributed by atoms with Gasteiger partial charge in [0.15, 0.2) is 0 Å². The van der Waals surface area contributed by atoms with Crippen molar-refractivity contribution in [1.82, 2.24) is 10.2 Å². The third-order valence-corrected chi connectivity index (χ3v) is 3.10. The zero-order valence-electron chi connectivity index (χ0n) is 8.89. The maximum Gasteiger partial charge on any atom is 0.229 e. The van der Waals surface area contributed by atoms with Crippen molar-refractivity contribution in [2.75, 3.05) is 27.2 Å². The molecule has 3 nitrogen and oxygen atoms in total. The molecule has 0 radical (unpaired) electrons. The van der Waals surface area contributed by atoms with Crippen LogP contribution in [0.5, 0.6) is 0 Å². The third-order valence-electron chi connectivity index (χ3n) is 3.10. The van der Waals surface area contributed by atoms with Crippen LogP contribution in [0.2, 0.25) is 0 Å². The minimum Gasteiger partial charge on any atom is -0.346 e. The van der Waals surface area contributed by atoms with Gasteiger partial charge in [0.2, 0.25) is 5.91 Å². The Hall–Kier alpha value is -0.570. The van der Waals surface area contributed by atoms with Gasteiger partial charge in [-0.2, -0.15) is 0 Å². The van der Waals surface area contributed by atoms with Gasteiger partial charge in [0.05, 0.1) is 5.41 Å². The normalized spacial score (nSPS) is 19.3. The van der Waals surface area contributed by atoms with Crippen LogP contribution >= 0.6 is 0 Å². The number of hydrogen-bond donors (Lipinski definition) is 1. The summed E-state index contributed by atoms with van der Waals surface area (Å²) in [6.45, 7) is 3.66. The van der Waals surface area contributed by atoms with Gasteiger partial charge in [-0.15, -0.1) is 0 Å². The van der Waals surface area contributed by atoms with Crippen LogP contribution in [0.15, 0.2) is 0 Å². The summed E-state index contributed by atoms with van der Waals surface area (Å²) in [6, 6.07) is 0. The van der Waals surface area contributed by atoms with Crippen LogP contribution in [0, 0.1) is 5.41 Å². The van der Waals surface area contributed by atoms with Crippen LogP contribution in [0.4, 0.5) is 0 Å². The summed E-state index contributed by atoms with van der Waals surface area (Å²) >= 11 is 0. The molecule has 1 aliphatic carbocycles. The van der Waals surface area contributed by atoms with E-state index < -0.39 is 0 Å². The Balaban J connectivity index is 2.60. The molecule has 0 aliphatic heterocycles. The predicted molar refractivity (Wildman–Crippen MR) is 53.5 cm³/mol. The molecule has 13 heavy (non-hydrogen) atoms. The van der Waals surface area contributed by atoms with Crippen molar-refractivity contribution >= 4 is 5.91 Å². The molecule has 0 aromatic carbocycles. The van der Waals surface area contributed by atoms with Crippen LogP contribution in [-0.4, -0.2) is 38.0 Å². The van der Waals surface area contributed by atoms with Gasteiger partial charge in [-0.25, -0.2) is 0 Å². The maximum atomic E-state index is 12.0. The molecule has 0 bridgehead atoms. The number of hydrogen-bond acceptors (Lipinski definition) is 2. The first-order chi connectivity index (χ1) is 6.16. The van der Waals surface area contributed by atoms with Crippen LogP contribution in [-0.2, 0) is 4.79 Å². The highest BCUT2D eigenvalue weighted by atomic mass is 16.2. The molecule has 0 heterocycles. The Labute approximate surface area is 80.5 Å². The minimum absolute atomic E-state index is 0.0699. The Bertz CT molecular complexity index is 187. The zero-order chi connectivity index (χ0) is 9.90. The molecule has 0 atom stereocenters. The largest absolute Gasteiger partial charge is 0.346 e. The van der Waals surface area contributed by atoms with Gasteiger partial charge in [-0.1, -0.05) is 6.42 Å². The second-order valence-corrected chi connectivity index (χ2v) is 3.98. The lowest BCUT2D eigenvalue weighted by Gasteiger charge is -2.42. The van der Waals surface area contributed by atoms with E-state index in [1.54, 1.807) is 0 Å². The highest BCUT2D eigenvalue weighted by molar-refractivity contribution is 5.83. The van der Waals surface area contributed by atoms with Crippen LogP contribution < -0.4 is 5.32 Å². The van der Waals surface area contributed by atoms with E-state index in [2.05, 4.69) is 5.32 Å². The number of carbonyl (C=O) groups excluding carboxylic acids is 1. The second-order valence-electron chi connectivity index (χ2n) is 3.98. The molecule has 1 amide bonds. The number of rotatable bonds is 4. The van der Waals surface area contributed by atoms with E-state index in [4.69, 9.17) is 0 Å². The lowest BCUT2D eigenvalue weighted by Crippen LogP contribution is -2.51. The first-order valence-electron chi connectivity index (χ1n) is 5.06. The molecular formula is C10H20N2O. The van der Waals surface area contributed by atoms with Crippen molar-refractivity contribution in [1.29, 1.82) is 0 Å². The maximum absolute atomic E-state index is 12.0. The van der Waals surface area contributed by atoms with Crippen molar-refractivity contribution in [2.45, 2.75) is 26.2 Å². The van der Waals surface area contributed by atoms with E-state index in [-0.39, 0.29) is 5.41 Å². The Morgan fingerprint density at radius 2 is 2.15 bits per heavy atom. The summed E-state index contributed by atoms with van der Waals surface area (Å²) in [5.74, 6) is 0.315. The van der Waals surface area contributed by atoms with E-state index in [9.17, 15) is 4.79 Å². The summed E-state index contributed by atoms with van der Waals surface area (Å²) in [6.07, 6.45) is 3.30. The van der Waals surface area contributed by atoms with E-state index in [1.807, 2.05) is 25.9 Å². The van der Waals surface area contributed by atoms with Crippen LogP contribution in [0.3, 0.4) is 0 Å². The smallest absolute Gasteiger partial charge is 0.229 e. The van der Waals surface area contributed by atoms with Crippen molar-refractivity contribution in [3.8, 4) is 0 Å². The topological polar surface area (TPSA) is 32.3 Å². The predicted octanol–water partition coefficient (Wildman–Crippen LogP) is 0.854. The van der Waals surface area contributed by atoms with E-state index in [0.717, 1.165) is 25.9 Å². The van der Waals surface area contributed by atoms with Crippen molar-refractivity contribution < 1.29 is 4.79 Å². The molecule has 3 heteroatoms. The van der Waals surface area contributed by atoms with Crippen LogP contribution in [0.1, 0.15) is 26.2 Å². The monoisotopic (exact) mass is 184 g/mol. The number of carbonyl (C=O) groups is 1. The minimum atomic E-state index is -0.0699. The summed E-state index contributed by atoms with van der Waals surface area (Å²) in [5.41, 5.74) is -0.0699. The van der Waals surface area contributed by atoms with Crippen LogP contribution in [0.25, 0.3) is 0 Å². The molecule has 1 rings (SSSR count). The highest BCUT2D eigenvalue weighted by Crippen LogP contribution is 2.41. The molecule has 1 aliphatic rings. The van der Waals surface area contributed by atoms with Gasteiger partial charge in [0.25, 0.3) is 0 Å². The molecule has 76 valence electrons. The zero-order valence-corrected chi connectivity index (χ0v) is 8.89. The molecule has 1 saturated carbocycles. The highest BCUT2D eigenvalue weighted by Gasteiger charge is 2.44. The lowest BCUT2D eigenvalue weighted by atomic mass is 9.67. The molecule has 0 unspecified atom stereocenters. The summed E-state index contributed by atoms with van der Waals surface area (Å²) in [5, 5.41) is 3.12. The quantitative estimate of drug-likeness (QED) is 0.702. The van der Waals surface area contributed by atoms with E-state index in [0.29, 0.717) is 5.91 Å². The number of nitrogens with zero attached hydrogens (tertiary/aromatic N) is 1. The lowest BCUT2D eigenvalue weighted by molar-refractivity contribution is -0.145. The average Bonchev–Trinajstić information content (AvgIpc) is 2.09. The fourth-order valence-corrected chi connectivity index (χ4v) is 1.96. The SMILES string of the molecule is CCN(C)C(=O)C1(CNC)CCC1. The summed E-state index contributed by atoms with van der Waals surface area (Å²) in [4.78, 5) is 13.8. The van der Waals surface area contributed by atoms with Gasteiger partial charge >= 0.3 is 0 Å². The van der Waals surface area contributed by atoms with Crippen molar-refractivity contribution in [3.05, 3.63) is 0 Å².